The van der Waals surface area contributed by atoms with Crippen molar-refractivity contribution in [3.8, 4) is 0 Å². The number of nitrogens with two attached hydrogens (primary N) is 1. The van der Waals surface area contributed by atoms with E-state index in [1.807, 2.05) is 0 Å². The smallest absolute Gasteiger partial charge is 0.128 e. The minimum Gasteiger partial charge on any atom is -0.330 e. The Bertz CT molecular complexity index is 282. The Morgan fingerprint density at radius 3 is 3.33 bits per heavy atom. The van der Waals surface area contributed by atoms with E-state index in [1.165, 1.54) is 0 Å². The summed E-state index contributed by atoms with van der Waals surface area (Å²) in [5, 5.41) is 0.750. The third-order valence-electron chi connectivity index (χ3n) is 2.46. The van der Waals surface area contributed by atoms with Crippen molar-refractivity contribution in [3.05, 3.63) is 17.2 Å². The molecule has 0 amide bonds. The molecule has 0 spiro atoms. The van der Waals surface area contributed by atoms with Crippen LogP contribution >= 0.6 is 11.6 Å². The van der Waals surface area contributed by atoms with Crippen LogP contribution in [0.5, 0.6) is 0 Å². The van der Waals surface area contributed by atoms with Gasteiger partial charge in [-0.1, -0.05) is 11.6 Å². The number of hydrogen-bond donors (Lipinski definition) is 1. The summed E-state index contributed by atoms with van der Waals surface area (Å²) in [6.45, 7) is 1.72. The zero-order chi connectivity index (χ0) is 8.55. The van der Waals surface area contributed by atoms with Crippen LogP contribution in [-0.2, 0) is 13.0 Å². The lowest BCUT2D eigenvalue weighted by molar-refractivity contribution is 0.390. The monoisotopic (exact) mass is 185 g/mol. The van der Waals surface area contributed by atoms with Crippen LogP contribution in [0.4, 0.5) is 0 Å². The third kappa shape index (κ3) is 1.23. The second-order valence-electron chi connectivity index (χ2n) is 3.24. The van der Waals surface area contributed by atoms with Crippen LogP contribution in [0.1, 0.15) is 12.2 Å². The predicted octanol–water partition coefficient (Wildman–Crippen LogP) is 1.06. The summed E-state index contributed by atoms with van der Waals surface area (Å²) >= 11 is 5.92. The first-order chi connectivity index (χ1) is 5.81. The highest BCUT2D eigenvalue weighted by Crippen LogP contribution is 2.22. The summed E-state index contributed by atoms with van der Waals surface area (Å²) in [4.78, 5) is 4.23. The molecular formula is C8H12ClN3. The first-order valence-corrected chi connectivity index (χ1v) is 4.59. The van der Waals surface area contributed by atoms with Gasteiger partial charge >= 0.3 is 0 Å². The van der Waals surface area contributed by atoms with Crippen molar-refractivity contribution in [2.45, 2.75) is 19.4 Å². The maximum Gasteiger partial charge on any atom is 0.128 e. The van der Waals surface area contributed by atoms with Crippen molar-refractivity contribution < 1.29 is 0 Å². The summed E-state index contributed by atoms with van der Waals surface area (Å²) in [5.74, 6) is 1.68. The highest BCUT2D eigenvalue weighted by Gasteiger charge is 2.19. The van der Waals surface area contributed by atoms with Crippen molar-refractivity contribution in [1.29, 1.82) is 0 Å². The fourth-order valence-electron chi connectivity index (χ4n) is 1.66. The molecule has 0 radical (unpaired) electrons. The van der Waals surface area contributed by atoms with Crippen LogP contribution in [-0.4, -0.2) is 16.1 Å². The molecule has 1 aliphatic rings. The molecule has 1 aromatic heterocycles. The minimum absolute atomic E-state index is 0.593. The second kappa shape index (κ2) is 3.07. The number of aromatic nitrogens is 2. The molecule has 0 fully saturated rings. The molecule has 1 unspecified atom stereocenters. The number of nitrogens with zero attached hydrogens (tertiary/aromatic N) is 2. The van der Waals surface area contributed by atoms with Crippen LogP contribution in [0.2, 0.25) is 5.15 Å². The van der Waals surface area contributed by atoms with Gasteiger partial charge in [0.2, 0.25) is 0 Å². The summed E-state index contributed by atoms with van der Waals surface area (Å²) in [5.41, 5.74) is 5.60. The maximum absolute atomic E-state index is 5.92. The maximum atomic E-state index is 5.92. The van der Waals surface area contributed by atoms with Crippen LogP contribution in [0.15, 0.2) is 6.20 Å². The quantitative estimate of drug-likeness (QED) is 0.711. The summed E-state index contributed by atoms with van der Waals surface area (Å²) in [6, 6.07) is 0. The van der Waals surface area contributed by atoms with E-state index < -0.39 is 0 Å². The highest BCUT2D eigenvalue weighted by atomic mass is 35.5. The Morgan fingerprint density at radius 2 is 2.58 bits per heavy atom. The van der Waals surface area contributed by atoms with E-state index >= 15 is 0 Å². The van der Waals surface area contributed by atoms with E-state index in [2.05, 4.69) is 9.55 Å². The van der Waals surface area contributed by atoms with Gasteiger partial charge in [-0.2, -0.15) is 0 Å². The average Bonchev–Trinajstić information content (AvgIpc) is 2.47. The largest absolute Gasteiger partial charge is 0.330 e. The van der Waals surface area contributed by atoms with Gasteiger partial charge in [-0.25, -0.2) is 4.98 Å². The third-order valence-corrected chi connectivity index (χ3v) is 2.76. The molecule has 66 valence electrons. The van der Waals surface area contributed by atoms with Crippen molar-refractivity contribution >= 4 is 11.6 Å². The molecule has 1 atom stereocenters. The summed E-state index contributed by atoms with van der Waals surface area (Å²) < 4.78 is 2.06. The topological polar surface area (TPSA) is 43.8 Å². The molecule has 0 aromatic carbocycles. The van der Waals surface area contributed by atoms with Gasteiger partial charge in [0.25, 0.3) is 0 Å². The lowest BCUT2D eigenvalue weighted by Gasteiger charge is -2.22. The van der Waals surface area contributed by atoms with E-state index in [4.69, 9.17) is 17.3 Å². The van der Waals surface area contributed by atoms with Gasteiger partial charge in [-0.05, 0) is 18.9 Å². The van der Waals surface area contributed by atoms with Crippen molar-refractivity contribution in [1.82, 2.24) is 9.55 Å². The number of rotatable bonds is 1. The highest BCUT2D eigenvalue weighted by molar-refractivity contribution is 6.29. The van der Waals surface area contributed by atoms with Gasteiger partial charge in [0.15, 0.2) is 0 Å². The van der Waals surface area contributed by atoms with E-state index in [0.717, 1.165) is 36.9 Å². The van der Waals surface area contributed by atoms with E-state index in [-0.39, 0.29) is 0 Å². The predicted molar refractivity (Wildman–Crippen MR) is 48.1 cm³/mol. The first kappa shape index (κ1) is 8.08. The van der Waals surface area contributed by atoms with Crippen LogP contribution < -0.4 is 5.73 Å². The Balaban J connectivity index is 2.24. The molecule has 0 aliphatic carbocycles. The molecule has 12 heavy (non-hydrogen) atoms. The number of imidazole rings is 1. The van der Waals surface area contributed by atoms with Gasteiger partial charge in [0.1, 0.15) is 11.0 Å². The van der Waals surface area contributed by atoms with Crippen LogP contribution in [0.25, 0.3) is 0 Å². The molecule has 2 rings (SSSR count). The standard InChI is InChI=1S/C8H12ClN3/c9-7-5-11-8-3-6(4-10)1-2-12(7)8/h5-6H,1-4,10H2. The van der Waals surface area contributed by atoms with E-state index in [0.29, 0.717) is 5.92 Å². The van der Waals surface area contributed by atoms with E-state index in [1.54, 1.807) is 6.20 Å². The molecule has 2 heterocycles. The van der Waals surface area contributed by atoms with Gasteiger partial charge in [-0.3, -0.25) is 0 Å². The van der Waals surface area contributed by atoms with E-state index in [9.17, 15) is 0 Å². The minimum atomic E-state index is 0.593. The van der Waals surface area contributed by atoms with Gasteiger partial charge in [0, 0.05) is 13.0 Å². The van der Waals surface area contributed by atoms with Crippen LogP contribution in [0, 0.1) is 5.92 Å². The SMILES string of the molecule is NCC1CCn2c(Cl)cnc2C1. The summed E-state index contributed by atoms with van der Waals surface area (Å²) in [7, 11) is 0. The Hall–Kier alpha value is -0.540. The zero-order valence-electron chi connectivity index (χ0n) is 6.83. The van der Waals surface area contributed by atoms with Crippen molar-refractivity contribution in [3.63, 3.8) is 0 Å². The number of halogens is 1. The fourth-order valence-corrected chi connectivity index (χ4v) is 1.89. The normalized spacial score (nSPS) is 22.3. The van der Waals surface area contributed by atoms with Crippen molar-refractivity contribution in [2.75, 3.05) is 6.54 Å². The first-order valence-electron chi connectivity index (χ1n) is 4.21. The molecule has 1 aromatic rings. The van der Waals surface area contributed by atoms with Gasteiger partial charge < -0.3 is 10.3 Å². The number of fused-ring (bicyclic) bond motifs is 1. The molecular weight excluding hydrogens is 174 g/mol. The number of hydrogen-bond acceptors (Lipinski definition) is 2. The van der Waals surface area contributed by atoms with Gasteiger partial charge in [-0.15, -0.1) is 0 Å². The van der Waals surface area contributed by atoms with Crippen molar-refractivity contribution in [2.24, 2.45) is 11.7 Å². The Morgan fingerprint density at radius 1 is 1.75 bits per heavy atom. The summed E-state index contributed by atoms with van der Waals surface area (Å²) in [6.07, 6.45) is 3.82. The fraction of sp³-hybridized carbons (Fsp3) is 0.625. The zero-order valence-corrected chi connectivity index (χ0v) is 7.59. The molecule has 0 saturated carbocycles. The van der Waals surface area contributed by atoms with Gasteiger partial charge in [0.05, 0.1) is 6.20 Å². The molecule has 0 bridgehead atoms. The molecule has 2 N–H and O–H groups in total. The van der Waals surface area contributed by atoms with Crippen LogP contribution in [0.3, 0.4) is 0 Å². The average molecular weight is 186 g/mol. The molecule has 0 saturated heterocycles. The molecule has 4 heteroatoms. The molecule has 3 nitrogen and oxygen atoms in total. The second-order valence-corrected chi connectivity index (χ2v) is 3.63. The Kier molecular flexibility index (Phi) is 2.07. The molecule has 1 aliphatic heterocycles. The lowest BCUT2D eigenvalue weighted by atomic mass is 9.98. The lowest BCUT2D eigenvalue weighted by Crippen LogP contribution is -2.25. The Labute approximate surface area is 76.5 Å².